The predicted molar refractivity (Wildman–Crippen MR) is 148 cm³/mol. The van der Waals surface area contributed by atoms with Crippen molar-refractivity contribution in [2.24, 2.45) is 5.92 Å². The molecule has 0 radical (unpaired) electrons. The Morgan fingerprint density at radius 2 is 1.44 bits per heavy atom. The van der Waals surface area contributed by atoms with Gasteiger partial charge < -0.3 is 9.80 Å². The van der Waals surface area contributed by atoms with Crippen LogP contribution in [0.5, 0.6) is 0 Å². The maximum Gasteiger partial charge on any atom is 0.255 e. The maximum atomic E-state index is 13.3. The monoisotopic (exact) mass is 519 g/mol. The van der Waals surface area contributed by atoms with Gasteiger partial charge in [-0.3, -0.25) is 14.5 Å². The zero-order chi connectivity index (χ0) is 27.2. The van der Waals surface area contributed by atoms with E-state index in [1.54, 1.807) is 24.3 Å². The van der Waals surface area contributed by atoms with Gasteiger partial charge in [-0.2, -0.15) is 10.5 Å². The fourth-order valence-electron chi connectivity index (χ4n) is 5.78. The zero-order valence-electron chi connectivity index (χ0n) is 22.1. The van der Waals surface area contributed by atoms with Crippen LogP contribution in [0.2, 0.25) is 0 Å². The molecule has 198 valence electrons. The molecule has 5 rings (SSSR count). The van der Waals surface area contributed by atoms with Crippen molar-refractivity contribution in [3.8, 4) is 12.1 Å². The van der Waals surface area contributed by atoms with Crippen molar-refractivity contribution in [3.63, 3.8) is 0 Å². The number of ketones is 1. The quantitative estimate of drug-likeness (QED) is 0.530. The third-order valence-corrected chi connectivity index (χ3v) is 8.13. The van der Waals surface area contributed by atoms with Crippen LogP contribution in [0.15, 0.2) is 72.5 Å². The first kappa shape index (κ1) is 26.4. The third-order valence-electron chi connectivity index (χ3n) is 8.13. The summed E-state index contributed by atoms with van der Waals surface area (Å²) in [7, 11) is 0. The van der Waals surface area contributed by atoms with Gasteiger partial charge in [0.1, 0.15) is 0 Å². The van der Waals surface area contributed by atoms with Crippen LogP contribution >= 0.6 is 0 Å². The van der Waals surface area contributed by atoms with E-state index in [0.717, 1.165) is 44.6 Å². The summed E-state index contributed by atoms with van der Waals surface area (Å²) in [6.07, 6.45) is 9.46. The van der Waals surface area contributed by atoms with Crippen LogP contribution in [0.1, 0.15) is 52.7 Å². The highest BCUT2D eigenvalue weighted by Gasteiger charge is 2.30. The smallest absolute Gasteiger partial charge is 0.255 e. The highest BCUT2D eigenvalue weighted by atomic mass is 16.2. The third kappa shape index (κ3) is 6.28. The Balaban J connectivity index is 1.11. The number of likely N-dealkylation sites (tertiary alicyclic amines) is 2. The molecule has 0 aliphatic carbocycles. The normalized spacial score (nSPS) is 18.8. The number of amides is 1. The molecular formula is C32H33N5O2. The molecule has 0 unspecified atom stereocenters. The van der Waals surface area contributed by atoms with E-state index in [2.05, 4.69) is 28.0 Å². The average molecular weight is 520 g/mol. The van der Waals surface area contributed by atoms with Crippen LogP contribution < -0.4 is 0 Å². The first-order chi connectivity index (χ1) is 19.0. The van der Waals surface area contributed by atoms with Gasteiger partial charge in [0.05, 0.1) is 28.8 Å². The van der Waals surface area contributed by atoms with E-state index < -0.39 is 0 Å². The summed E-state index contributed by atoms with van der Waals surface area (Å²) < 4.78 is 0. The minimum Gasteiger partial charge on any atom is -0.370 e. The average Bonchev–Trinajstić information content (AvgIpc) is 3.01. The molecular weight excluding hydrogens is 486 g/mol. The second-order valence-electron chi connectivity index (χ2n) is 10.6. The van der Waals surface area contributed by atoms with Crippen LogP contribution in [0, 0.1) is 28.6 Å². The van der Waals surface area contributed by atoms with Gasteiger partial charge in [-0.15, -0.1) is 0 Å². The van der Waals surface area contributed by atoms with E-state index in [4.69, 9.17) is 10.5 Å². The fourth-order valence-corrected chi connectivity index (χ4v) is 5.78. The number of carbonyl (C=O) groups is 2. The summed E-state index contributed by atoms with van der Waals surface area (Å²) in [4.78, 5) is 32.9. The summed E-state index contributed by atoms with van der Waals surface area (Å²) in [6, 6.07) is 19.3. The van der Waals surface area contributed by atoms with Gasteiger partial charge in [-0.25, -0.2) is 0 Å². The largest absolute Gasteiger partial charge is 0.370 e. The second-order valence-corrected chi connectivity index (χ2v) is 10.6. The highest BCUT2D eigenvalue weighted by Crippen LogP contribution is 2.26. The molecule has 2 aromatic rings. The van der Waals surface area contributed by atoms with E-state index in [-0.39, 0.29) is 17.6 Å². The van der Waals surface area contributed by atoms with Crippen molar-refractivity contribution in [2.45, 2.75) is 38.3 Å². The number of carbonyl (C=O) groups excluding carboxylic acids is 2. The van der Waals surface area contributed by atoms with Crippen LogP contribution in [0.4, 0.5) is 0 Å². The SMILES string of the molecule is N#Cc1ccc(CN2CCC(N3C=C(C(=O)N4CCC(C(=O)c5ccc(C#N)cc5)CC4)C=CC3)CC2)cc1. The van der Waals surface area contributed by atoms with Gasteiger partial charge in [0.25, 0.3) is 5.91 Å². The van der Waals surface area contributed by atoms with Gasteiger partial charge in [-0.1, -0.05) is 36.4 Å². The number of rotatable bonds is 6. The molecule has 0 N–H and O–H groups in total. The van der Waals surface area contributed by atoms with Crippen molar-refractivity contribution in [1.82, 2.24) is 14.7 Å². The first-order valence-corrected chi connectivity index (χ1v) is 13.7. The van der Waals surface area contributed by atoms with Crippen molar-refractivity contribution in [2.75, 3.05) is 32.7 Å². The molecule has 2 fully saturated rings. The Morgan fingerprint density at radius 1 is 0.821 bits per heavy atom. The molecule has 0 saturated carbocycles. The lowest BCUT2D eigenvalue weighted by Crippen LogP contribution is -2.44. The predicted octanol–water partition coefficient (Wildman–Crippen LogP) is 4.27. The van der Waals surface area contributed by atoms with Gasteiger partial charge in [0.15, 0.2) is 5.78 Å². The topological polar surface area (TPSA) is 91.4 Å². The number of hydrogen-bond acceptors (Lipinski definition) is 6. The van der Waals surface area contributed by atoms with Crippen molar-refractivity contribution < 1.29 is 9.59 Å². The van der Waals surface area contributed by atoms with E-state index >= 15 is 0 Å². The molecule has 2 aromatic carbocycles. The minimum absolute atomic E-state index is 0.0403. The molecule has 39 heavy (non-hydrogen) atoms. The number of Topliss-reactive ketones (excluding diaryl/α,β-unsaturated/α-hetero) is 1. The lowest BCUT2D eigenvalue weighted by atomic mass is 9.88. The van der Waals surface area contributed by atoms with Crippen molar-refractivity contribution in [1.29, 1.82) is 10.5 Å². The number of nitriles is 2. The van der Waals surface area contributed by atoms with Crippen molar-refractivity contribution >= 4 is 11.7 Å². The van der Waals surface area contributed by atoms with Gasteiger partial charge in [0.2, 0.25) is 0 Å². The van der Waals surface area contributed by atoms with Crippen LogP contribution in [0.3, 0.4) is 0 Å². The summed E-state index contributed by atoms with van der Waals surface area (Å²) >= 11 is 0. The standard InChI is InChI=1S/C32H33N5O2/c33-20-24-3-5-26(6-4-24)22-35-16-13-30(14-17-35)37-15-1-2-29(23-37)32(39)36-18-11-28(12-19-36)31(38)27-9-7-25(21-34)8-10-27/h1-10,23,28,30H,11-19,22H2. The number of piperidine rings is 2. The van der Waals surface area contributed by atoms with E-state index in [0.29, 0.717) is 48.7 Å². The molecule has 7 nitrogen and oxygen atoms in total. The van der Waals surface area contributed by atoms with Crippen LogP contribution in [-0.4, -0.2) is 65.2 Å². The lowest BCUT2D eigenvalue weighted by molar-refractivity contribution is -0.128. The highest BCUT2D eigenvalue weighted by molar-refractivity contribution is 5.99. The molecule has 0 atom stereocenters. The molecule has 3 aliphatic rings. The Kier molecular flexibility index (Phi) is 8.20. The molecule has 1 amide bonds. The lowest BCUT2D eigenvalue weighted by Gasteiger charge is -2.39. The van der Waals surface area contributed by atoms with Gasteiger partial charge in [0, 0.05) is 63.0 Å². The Labute approximate surface area is 230 Å². The molecule has 7 heteroatoms. The van der Waals surface area contributed by atoms with E-state index in [1.165, 1.54) is 5.56 Å². The summed E-state index contributed by atoms with van der Waals surface area (Å²) in [5.74, 6) is 0.0439. The Morgan fingerprint density at radius 3 is 2.05 bits per heavy atom. The van der Waals surface area contributed by atoms with E-state index in [9.17, 15) is 9.59 Å². The molecule has 0 bridgehead atoms. The maximum absolute atomic E-state index is 13.3. The van der Waals surface area contributed by atoms with Crippen molar-refractivity contribution in [3.05, 3.63) is 94.7 Å². The summed E-state index contributed by atoms with van der Waals surface area (Å²) in [5.41, 5.74) is 3.81. The van der Waals surface area contributed by atoms with E-state index in [1.807, 2.05) is 41.4 Å². The van der Waals surface area contributed by atoms with Gasteiger partial charge >= 0.3 is 0 Å². The zero-order valence-corrected chi connectivity index (χ0v) is 22.1. The molecule has 0 spiro atoms. The summed E-state index contributed by atoms with van der Waals surface area (Å²) in [6.45, 7) is 4.86. The number of hydrogen-bond donors (Lipinski definition) is 0. The molecule has 0 aromatic heterocycles. The Bertz CT molecular complexity index is 1330. The number of benzene rings is 2. The summed E-state index contributed by atoms with van der Waals surface area (Å²) in [5, 5.41) is 18.0. The Hall–Kier alpha value is -4.20. The van der Waals surface area contributed by atoms with Gasteiger partial charge in [-0.05, 0) is 55.5 Å². The van der Waals surface area contributed by atoms with Crippen LogP contribution in [-0.2, 0) is 11.3 Å². The minimum atomic E-state index is -0.0937. The molecule has 2 saturated heterocycles. The van der Waals surface area contributed by atoms with Crippen LogP contribution in [0.25, 0.3) is 0 Å². The molecule has 3 heterocycles. The molecule has 3 aliphatic heterocycles. The number of nitrogens with zero attached hydrogens (tertiary/aromatic N) is 5. The fraction of sp³-hybridized carbons (Fsp3) is 0.375. The second kappa shape index (κ2) is 12.1. The first-order valence-electron chi connectivity index (χ1n) is 13.7.